The van der Waals surface area contributed by atoms with Crippen LogP contribution in [0.25, 0.3) is 10.9 Å². The molecule has 0 saturated carbocycles. The van der Waals surface area contributed by atoms with Crippen LogP contribution >= 0.6 is 0 Å². The van der Waals surface area contributed by atoms with Gasteiger partial charge in [0.25, 0.3) is 0 Å². The van der Waals surface area contributed by atoms with Crippen LogP contribution in [0.2, 0.25) is 0 Å². The van der Waals surface area contributed by atoms with Crippen LogP contribution in [0.4, 0.5) is 5.69 Å². The number of hydrogen-bond acceptors (Lipinski definition) is 2. The first-order chi connectivity index (χ1) is 8.72. The highest BCUT2D eigenvalue weighted by Crippen LogP contribution is 2.17. The van der Waals surface area contributed by atoms with Gasteiger partial charge in [0.05, 0.1) is 11.4 Å². The number of aromatic nitrogens is 3. The number of rotatable bonds is 3. The topological polar surface area (TPSA) is 45.6 Å². The molecule has 0 aliphatic heterocycles. The second-order valence-electron chi connectivity index (χ2n) is 4.55. The maximum atomic E-state index is 4.31. The molecule has 18 heavy (non-hydrogen) atoms. The van der Waals surface area contributed by atoms with Gasteiger partial charge in [-0.15, -0.1) is 0 Å². The average Bonchev–Trinajstić information content (AvgIpc) is 2.92. The fraction of sp³-hybridized carbons (Fsp3) is 0.214. The van der Waals surface area contributed by atoms with Crippen molar-refractivity contribution in [2.45, 2.75) is 13.5 Å². The van der Waals surface area contributed by atoms with Crippen molar-refractivity contribution >= 4 is 16.6 Å². The summed E-state index contributed by atoms with van der Waals surface area (Å²) in [4.78, 5) is 3.23. The molecule has 0 bridgehead atoms. The highest BCUT2D eigenvalue weighted by Gasteiger charge is 2.03. The van der Waals surface area contributed by atoms with Gasteiger partial charge in [-0.3, -0.25) is 4.68 Å². The van der Waals surface area contributed by atoms with Gasteiger partial charge >= 0.3 is 0 Å². The Bertz CT molecular complexity index is 678. The standard InChI is InChI=1S/C14H16N4/c1-10-14(9-18(2)17-10)16-8-11-3-4-12-5-6-15-13(12)7-11/h3-7,9,15-16H,8H2,1-2H3. The first kappa shape index (κ1) is 10.9. The second kappa shape index (κ2) is 4.22. The fourth-order valence-corrected chi connectivity index (χ4v) is 2.18. The maximum Gasteiger partial charge on any atom is 0.0825 e. The van der Waals surface area contributed by atoms with Crippen molar-refractivity contribution in [3.63, 3.8) is 0 Å². The Morgan fingerprint density at radius 1 is 1.33 bits per heavy atom. The summed E-state index contributed by atoms with van der Waals surface area (Å²) in [5.41, 5.74) is 4.55. The Kier molecular flexibility index (Phi) is 2.55. The molecule has 92 valence electrons. The van der Waals surface area contributed by atoms with Crippen LogP contribution in [0.5, 0.6) is 0 Å². The van der Waals surface area contributed by atoms with E-state index in [4.69, 9.17) is 0 Å². The van der Waals surface area contributed by atoms with Crippen molar-refractivity contribution in [2.75, 3.05) is 5.32 Å². The number of anilines is 1. The lowest BCUT2D eigenvalue weighted by Crippen LogP contribution is -1.99. The van der Waals surface area contributed by atoms with Crippen LogP contribution in [-0.2, 0) is 13.6 Å². The minimum Gasteiger partial charge on any atom is -0.378 e. The molecule has 2 heterocycles. The van der Waals surface area contributed by atoms with Gasteiger partial charge in [0.1, 0.15) is 0 Å². The average molecular weight is 240 g/mol. The van der Waals surface area contributed by atoms with Gasteiger partial charge in [0.2, 0.25) is 0 Å². The highest BCUT2D eigenvalue weighted by molar-refractivity contribution is 5.79. The summed E-state index contributed by atoms with van der Waals surface area (Å²) in [6.07, 6.45) is 3.97. The summed E-state index contributed by atoms with van der Waals surface area (Å²) in [5, 5.41) is 8.97. The largest absolute Gasteiger partial charge is 0.378 e. The van der Waals surface area contributed by atoms with Crippen molar-refractivity contribution in [1.82, 2.24) is 14.8 Å². The van der Waals surface area contributed by atoms with Crippen LogP contribution in [0.1, 0.15) is 11.3 Å². The third-order valence-corrected chi connectivity index (χ3v) is 3.12. The number of hydrogen-bond donors (Lipinski definition) is 2. The Balaban J connectivity index is 1.78. The third kappa shape index (κ3) is 1.97. The van der Waals surface area contributed by atoms with E-state index in [9.17, 15) is 0 Å². The number of H-pyrrole nitrogens is 1. The summed E-state index contributed by atoms with van der Waals surface area (Å²) in [5.74, 6) is 0. The predicted octanol–water partition coefficient (Wildman–Crippen LogP) is 2.82. The molecule has 0 saturated heterocycles. The van der Waals surface area contributed by atoms with Crippen LogP contribution in [0.3, 0.4) is 0 Å². The molecule has 1 aromatic carbocycles. The van der Waals surface area contributed by atoms with Crippen LogP contribution < -0.4 is 5.32 Å². The molecular formula is C14H16N4. The molecule has 0 radical (unpaired) electrons. The zero-order valence-electron chi connectivity index (χ0n) is 10.6. The van der Waals surface area contributed by atoms with Gasteiger partial charge in [-0.1, -0.05) is 12.1 Å². The minimum absolute atomic E-state index is 0.807. The normalized spacial score (nSPS) is 11.0. The van der Waals surface area contributed by atoms with Crippen LogP contribution in [0, 0.1) is 6.92 Å². The van der Waals surface area contributed by atoms with Gasteiger partial charge < -0.3 is 10.3 Å². The van der Waals surface area contributed by atoms with Crippen molar-refractivity contribution in [3.05, 3.63) is 47.9 Å². The van der Waals surface area contributed by atoms with E-state index in [0.717, 1.165) is 17.9 Å². The molecule has 0 aliphatic rings. The molecule has 2 aromatic heterocycles. The van der Waals surface area contributed by atoms with Gasteiger partial charge in [-0.2, -0.15) is 5.10 Å². The molecular weight excluding hydrogens is 224 g/mol. The van der Waals surface area contributed by atoms with E-state index in [2.05, 4.69) is 39.7 Å². The van der Waals surface area contributed by atoms with Gasteiger partial charge in [0, 0.05) is 31.5 Å². The molecule has 0 aliphatic carbocycles. The van der Waals surface area contributed by atoms with Gasteiger partial charge in [-0.05, 0) is 30.0 Å². The number of aryl methyl sites for hydroxylation is 2. The van der Waals surface area contributed by atoms with Crippen LogP contribution in [0.15, 0.2) is 36.7 Å². The zero-order chi connectivity index (χ0) is 12.5. The van der Waals surface area contributed by atoms with Gasteiger partial charge in [0.15, 0.2) is 0 Å². The summed E-state index contributed by atoms with van der Waals surface area (Å²) >= 11 is 0. The smallest absolute Gasteiger partial charge is 0.0825 e. The predicted molar refractivity (Wildman–Crippen MR) is 73.6 cm³/mol. The molecule has 0 spiro atoms. The summed E-state index contributed by atoms with van der Waals surface area (Å²) in [7, 11) is 1.93. The lowest BCUT2D eigenvalue weighted by molar-refractivity contribution is 0.756. The molecule has 3 rings (SSSR count). The van der Waals surface area contributed by atoms with E-state index in [1.165, 1.54) is 16.5 Å². The molecule has 0 fully saturated rings. The van der Waals surface area contributed by atoms with E-state index in [1.807, 2.05) is 31.0 Å². The Hall–Kier alpha value is -2.23. The summed E-state index contributed by atoms with van der Waals surface area (Å²) in [6.45, 7) is 2.82. The lowest BCUT2D eigenvalue weighted by Gasteiger charge is -2.05. The fourth-order valence-electron chi connectivity index (χ4n) is 2.18. The highest BCUT2D eigenvalue weighted by atomic mass is 15.3. The second-order valence-corrected chi connectivity index (χ2v) is 4.55. The van der Waals surface area contributed by atoms with E-state index in [0.29, 0.717) is 0 Å². The van der Waals surface area contributed by atoms with E-state index < -0.39 is 0 Å². The van der Waals surface area contributed by atoms with Crippen molar-refractivity contribution in [3.8, 4) is 0 Å². The monoisotopic (exact) mass is 240 g/mol. The third-order valence-electron chi connectivity index (χ3n) is 3.12. The maximum absolute atomic E-state index is 4.31. The quantitative estimate of drug-likeness (QED) is 0.739. The van der Waals surface area contributed by atoms with E-state index >= 15 is 0 Å². The molecule has 0 unspecified atom stereocenters. The zero-order valence-corrected chi connectivity index (χ0v) is 10.6. The minimum atomic E-state index is 0.807. The number of benzene rings is 1. The van der Waals surface area contributed by atoms with E-state index in [-0.39, 0.29) is 0 Å². The number of fused-ring (bicyclic) bond motifs is 1. The molecule has 2 N–H and O–H groups in total. The van der Waals surface area contributed by atoms with Crippen LogP contribution in [-0.4, -0.2) is 14.8 Å². The number of aromatic amines is 1. The summed E-state index contributed by atoms with van der Waals surface area (Å²) < 4.78 is 1.83. The Morgan fingerprint density at radius 2 is 2.22 bits per heavy atom. The molecule has 0 atom stereocenters. The molecule has 4 nitrogen and oxygen atoms in total. The lowest BCUT2D eigenvalue weighted by atomic mass is 10.1. The van der Waals surface area contributed by atoms with Gasteiger partial charge in [-0.25, -0.2) is 0 Å². The Morgan fingerprint density at radius 3 is 3.00 bits per heavy atom. The first-order valence-electron chi connectivity index (χ1n) is 6.02. The van der Waals surface area contributed by atoms with Crippen molar-refractivity contribution in [2.24, 2.45) is 7.05 Å². The molecule has 0 amide bonds. The molecule has 4 heteroatoms. The number of nitrogens with one attached hydrogen (secondary N) is 2. The SMILES string of the molecule is Cc1nn(C)cc1NCc1ccc2cc[nH]c2c1. The number of nitrogens with zero attached hydrogens (tertiary/aromatic N) is 2. The first-order valence-corrected chi connectivity index (χ1v) is 6.02. The van der Waals surface area contributed by atoms with Crippen molar-refractivity contribution < 1.29 is 0 Å². The Labute approximate surface area is 106 Å². The van der Waals surface area contributed by atoms with E-state index in [1.54, 1.807) is 0 Å². The summed E-state index contributed by atoms with van der Waals surface area (Å²) in [6, 6.07) is 8.54. The van der Waals surface area contributed by atoms with Crippen molar-refractivity contribution in [1.29, 1.82) is 0 Å². The molecule has 3 aromatic rings.